The molecule has 5 heteroatoms. The van der Waals surface area contributed by atoms with Gasteiger partial charge in [-0.1, -0.05) is 36.0 Å². The Morgan fingerprint density at radius 1 is 1.67 bits per heavy atom. The van der Waals surface area contributed by atoms with E-state index in [0.717, 1.165) is 31.3 Å². The highest BCUT2D eigenvalue weighted by molar-refractivity contribution is 8.17. The topological polar surface area (TPSA) is 27.6 Å². The van der Waals surface area contributed by atoms with E-state index in [9.17, 15) is 0 Å². The zero-order valence-electron chi connectivity index (χ0n) is 10.5. The van der Waals surface area contributed by atoms with E-state index in [1.807, 2.05) is 6.08 Å². The standard InChI is InChI=1S/C13H18ClN3S/c1-3-4-11(14)7-12-9-16-13(18-12)17-6-5-15-8-10(17)2/h3-4,7,10,15H,1,5-6,8-9H2,2H3/b11-4+,12-7+. The summed E-state index contributed by atoms with van der Waals surface area (Å²) in [6.45, 7) is 9.67. The highest BCUT2D eigenvalue weighted by Gasteiger charge is 2.25. The number of halogens is 1. The Hall–Kier alpha value is -0.710. The number of amidine groups is 1. The third kappa shape index (κ3) is 3.40. The molecule has 2 aliphatic rings. The number of nitrogens with zero attached hydrogens (tertiary/aromatic N) is 2. The molecule has 0 spiro atoms. The Balaban J connectivity index is 1.98. The van der Waals surface area contributed by atoms with Crippen LogP contribution in [0.2, 0.25) is 0 Å². The Bertz CT molecular complexity index is 414. The van der Waals surface area contributed by atoms with Crippen LogP contribution >= 0.6 is 23.4 Å². The predicted octanol–water partition coefficient (Wildman–Crippen LogP) is 2.58. The Morgan fingerprint density at radius 2 is 2.50 bits per heavy atom. The lowest BCUT2D eigenvalue weighted by molar-refractivity contribution is 0.279. The Labute approximate surface area is 118 Å². The van der Waals surface area contributed by atoms with Crippen molar-refractivity contribution < 1.29 is 0 Å². The molecule has 0 aliphatic carbocycles. The number of hydrogen-bond donors (Lipinski definition) is 1. The molecule has 0 bridgehead atoms. The molecule has 2 heterocycles. The van der Waals surface area contributed by atoms with Crippen LogP contribution < -0.4 is 5.32 Å². The zero-order valence-corrected chi connectivity index (χ0v) is 12.1. The van der Waals surface area contributed by atoms with Gasteiger partial charge in [0.05, 0.1) is 6.54 Å². The third-order valence-electron chi connectivity index (χ3n) is 2.92. The fraction of sp³-hybridized carbons (Fsp3) is 0.462. The molecule has 0 aromatic rings. The van der Waals surface area contributed by atoms with Crippen LogP contribution in [0, 0.1) is 0 Å². The molecule has 1 unspecified atom stereocenters. The van der Waals surface area contributed by atoms with Crippen molar-refractivity contribution in [3.63, 3.8) is 0 Å². The molecule has 18 heavy (non-hydrogen) atoms. The number of aliphatic imine (C=N–C) groups is 1. The van der Waals surface area contributed by atoms with Gasteiger partial charge in [-0.3, -0.25) is 4.99 Å². The fourth-order valence-electron chi connectivity index (χ4n) is 1.99. The number of rotatable bonds is 2. The number of allylic oxidation sites excluding steroid dienone is 4. The average molecular weight is 284 g/mol. The number of hydrogen-bond acceptors (Lipinski definition) is 4. The van der Waals surface area contributed by atoms with Crippen molar-refractivity contribution in [1.29, 1.82) is 0 Å². The Kier molecular flexibility index (Phi) is 4.92. The minimum atomic E-state index is 0.503. The van der Waals surface area contributed by atoms with E-state index in [0.29, 0.717) is 11.1 Å². The van der Waals surface area contributed by atoms with Gasteiger partial charge < -0.3 is 10.2 Å². The summed E-state index contributed by atoms with van der Waals surface area (Å²) in [6.07, 6.45) is 5.46. The first kappa shape index (κ1) is 13.7. The van der Waals surface area contributed by atoms with E-state index in [4.69, 9.17) is 11.6 Å². The van der Waals surface area contributed by atoms with E-state index in [2.05, 4.69) is 28.7 Å². The smallest absolute Gasteiger partial charge is 0.164 e. The molecule has 1 saturated heterocycles. The van der Waals surface area contributed by atoms with Crippen molar-refractivity contribution in [3.05, 3.63) is 34.7 Å². The first-order valence-electron chi connectivity index (χ1n) is 6.09. The van der Waals surface area contributed by atoms with E-state index in [1.165, 1.54) is 4.91 Å². The lowest BCUT2D eigenvalue weighted by Gasteiger charge is -2.34. The average Bonchev–Trinajstić information content (AvgIpc) is 2.78. The van der Waals surface area contributed by atoms with Crippen molar-refractivity contribution in [1.82, 2.24) is 10.2 Å². The van der Waals surface area contributed by atoms with Gasteiger partial charge in [0.25, 0.3) is 0 Å². The molecule has 0 radical (unpaired) electrons. The fourth-order valence-corrected chi connectivity index (χ4v) is 3.34. The predicted molar refractivity (Wildman–Crippen MR) is 81.1 cm³/mol. The van der Waals surface area contributed by atoms with Crippen molar-refractivity contribution in [2.24, 2.45) is 4.99 Å². The Morgan fingerprint density at radius 3 is 3.22 bits per heavy atom. The van der Waals surface area contributed by atoms with Crippen LogP contribution in [-0.4, -0.2) is 42.3 Å². The SMILES string of the molecule is C=C/C=C(Cl)\C=C1/CN=C(N2CCNCC2C)S1. The van der Waals surface area contributed by atoms with Crippen LogP contribution in [0.25, 0.3) is 0 Å². The quantitative estimate of drug-likeness (QED) is 0.790. The maximum Gasteiger partial charge on any atom is 0.164 e. The zero-order chi connectivity index (χ0) is 13.0. The normalized spacial score (nSPS) is 27.6. The second-order valence-electron chi connectivity index (χ2n) is 4.35. The van der Waals surface area contributed by atoms with Crippen LogP contribution in [-0.2, 0) is 0 Å². The van der Waals surface area contributed by atoms with Gasteiger partial charge in [0.2, 0.25) is 0 Å². The molecule has 0 aromatic carbocycles. The van der Waals surface area contributed by atoms with Crippen molar-refractivity contribution >= 4 is 28.5 Å². The van der Waals surface area contributed by atoms with Gasteiger partial charge in [-0.15, -0.1) is 0 Å². The summed E-state index contributed by atoms with van der Waals surface area (Å²) in [6, 6.07) is 0.503. The molecule has 1 N–H and O–H groups in total. The molecule has 1 fully saturated rings. The summed E-state index contributed by atoms with van der Waals surface area (Å²) in [5.41, 5.74) is 0. The van der Waals surface area contributed by atoms with Gasteiger partial charge in [-0.25, -0.2) is 0 Å². The van der Waals surface area contributed by atoms with Crippen LogP contribution in [0.4, 0.5) is 0 Å². The maximum atomic E-state index is 6.05. The summed E-state index contributed by atoms with van der Waals surface area (Å²) < 4.78 is 0. The van der Waals surface area contributed by atoms with E-state index < -0.39 is 0 Å². The van der Waals surface area contributed by atoms with Crippen LogP contribution in [0.3, 0.4) is 0 Å². The summed E-state index contributed by atoms with van der Waals surface area (Å²) in [5.74, 6) is 0. The van der Waals surface area contributed by atoms with Gasteiger partial charge in [0, 0.05) is 35.6 Å². The number of nitrogens with one attached hydrogen (secondary N) is 1. The monoisotopic (exact) mass is 283 g/mol. The molecule has 2 rings (SSSR count). The summed E-state index contributed by atoms with van der Waals surface area (Å²) >= 11 is 7.77. The van der Waals surface area contributed by atoms with Gasteiger partial charge >= 0.3 is 0 Å². The maximum absolute atomic E-state index is 6.05. The number of thioether (sulfide) groups is 1. The highest BCUT2D eigenvalue weighted by Crippen LogP contribution is 2.29. The first-order valence-corrected chi connectivity index (χ1v) is 7.28. The minimum absolute atomic E-state index is 0.503. The lowest BCUT2D eigenvalue weighted by atomic mass is 10.2. The van der Waals surface area contributed by atoms with Crippen LogP contribution in [0.5, 0.6) is 0 Å². The molecule has 0 saturated carbocycles. The molecular formula is C13H18ClN3S. The molecule has 0 amide bonds. The molecule has 0 aromatic heterocycles. The molecule has 98 valence electrons. The molecule has 1 atom stereocenters. The minimum Gasteiger partial charge on any atom is -0.346 e. The van der Waals surface area contributed by atoms with Crippen LogP contribution in [0.1, 0.15) is 6.92 Å². The van der Waals surface area contributed by atoms with Crippen LogP contribution in [0.15, 0.2) is 39.7 Å². The first-order chi connectivity index (χ1) is 8.70. The molecule has 3 nitrogen and oxygen atoms in total. The van der Waals surface area contributed by atoms with E-state index in [-0.39, 0.29) is 0 Å². The molecule has 2 aliphatic heterocycles. The van der Waals surface area contributed by atoms with Gasteiger partial charge in [-0.05, 0) is 19.1 Å². The summed E-state index contributed by atoms with van der Waals surface area (Å²) in [4.78, 5) is 8.16. The van der Waals surface area contributed by atoms with Gasteiger partial charge in [0.1, 0.15) is 0 Å². The van der Waals surface area contributed by atoms with E-state index in [1.54, 1.807) is 23.9 Å². The summed E-state index contributed by atoms with van der Waals surface area (Å²) in [7, 11) is 0. The van der Waals surface area contributed by atoms with Crippen molar-refractivity contribution in [3.8, 4) is 0 Å². The summed E-state index contributed by atoms with van der Waals surface area (Å²) in [5, 5.41) is 5.22. The van der Waals surface area contributed by atoms with Crippen molar-refractivity contribution in [2.75, 3.05) is 26.2 Å². The highest BCUT2D eigenvalue weighted by atomic mass is 35.5. The largest absolute Gasteiger partial charge is 0.346 e. The number of piperazine rings is 1. The van der Waals surface area contributed by atoms with E-state index >= 15 is 0 Å². The van der Waals surface area contributed by atoms with Gasteiger partial charge in [-0.2, -0.15) is 0 Å². The van der Waals surface area contributed by atoms with Gasteiger partial charge in [0.15, 0.2) is 5.17 Å². The second kappa shape index (κ2) is 6.45. The van der Waals surface area contributed by atoms with Crippen molar-refractivity contribution in [2.45, 2.75) is 13.0 Å². The lowest BCUT2D eigenvalue weighted by Crippen LogP contribution is -2.51. The molecular weight excluding hydrogens is 266 g/mol. The third-order valence-corrected chi connectivity index (χ3v) is 4.21. The second-order valence-corrected chi connectivity index (χ2v) is 5.88.